The highest BCUT2D eigenvalue weighted by Gasteiger charge is 2.15. The summed E-state index contributed by atoms with van der Waals surface area (Å²) in [5, 5.41) is 11.4. The molecule has 7 nitrogen and oxygen atoms in total. The van der Waals surface area contributed by atoms with Gasteiger partial charge in [-0.3, -0.25) is 9.48 Å². The zero-order valence-corrected chi connectivity index (χ0v) is 16.2. The first kappa shape index (κ1) is 18.8. The van der Waals surface area contributed by atoms with Gasteiger partial charge in [0.1, 0.15) is 0 Å². The SMILES string of the molecule is Cc1ccccc1-c1noc(CCCC(=O)N[C@H](C)c2cn(C)nc2C)n1. The van der Waals surface area contributed by atoms with Crippen LogP contribution < -0.4 is 5.32 Å². The summed E-state index contributed by atoms with van der Waals surface area (Å²) in [6, 6.07) is 7.85. The number of carbonyl (C=O) groups excluding carboxylic acids is 1. The van der Waals surface area contributed by atoms with Crippen molar-refractivity contribution in [2.24, 2.45) is 7.05 Å². The van der Waals surface area contributed by atoms with E-state index in [9.17, 15) is 4.79 Å². The molecule has 0 aliphatic carbocycles. The Balaban J connectivity index is 1.49. The van der Waals surface area contributed by atoms with Gasteiger partial charge in [0.05, 0.1) is 11.7 Å². The van der Waals surface area contributed by atoms with Gasteiger partial charge in [-0.2, -0.15) is 10.1 Å². The first-order valence-electron chi connectivity index (χ1n) is 9.12. The largest absolute Gasteiger partial charge is 0.349 e. The Morgan fingerprint density at radius 1 is 1.30 bits per heavy atom. The Labute approximate surface area is 158 Å². The van der Waals surface area contributed by atoms with E-state index in [1.165, 1.54) is 0 Å². The Hall–Kier alpha value is -2.96. The third-order valence-electron chi connectivity index (χ3n) is 4.54. The first-order valence-corrected chi connectivity index (χ1v) is 9.12. The van der Waals surface area contributed by atoms with Gasteiger partial charge in [0.2, 0.25) is 17.6 Å². The van der Waals surface area contributed by atoms with E-state index in [1.807, 2.05) is 58.3 Å². The van der Waals surface area contributed by atoms with Crippen molar-refractivity contribution in [1.82, 2.24) is 25.2 Å². The van der Waals surface area contributed by atoms with E-state index in [0.29, 0.717) is 31.0 Å². The van der Waals surface area contributed by atoms with E-state index in [1.54, 1.807) is 4.68 Å². The lowest BCUT2D eigenvalue weighted by Gasteiger charge is -2.12. The van der Waals surface area contributed by atoms with Crippen molar-refractivity contribution in [2.75, 3.05) is 0 Å². The molecule has 3 aromatic rings. The summed E-state index contributed by atoms with van der Waals surface area (Å²) in [6.45, 7) is 5.93. The van der Waals surface area contributed by atoms with Crippen LogP contribution in [-0.4, -0.2) is 25.8 Å². The molecule has 142 valence electrons. The molecule has 1 aromatic carbocycles. The average Bonchev–Trinajstić information content (AvgIpc) is 3.21. The van der Waals surface area contributed by atoms with Crippen molar-refractivity contribution >= 4 is 5.91 Å². The number of rotatable bonds is 7. The molecule has 2 aromatic heterocycles. The molecule has 1 amide bonds. The molecule has 0 saturated carbocycles. The molecule has 0 radical (unpaired) electrons. The quantitative estimate of drug-likeness (QED) is 0.692. The third-order valence-corrected chi connectivity index (χ3v) is 4.54. The summed E-state index contributed by atoms with van der Waals surface area (Å²) in [5.41, 5.74) is 4.03. The molecule has 0 saturated heterocycles. The van der Waals surface area contributed by atoms with Crippen LogP contribution in [0.15, 0.2) is 35.0 Å². The molecular formula is C20H25N5O2. The van der Waals surface area contributed by atoms with E-state index in [-0.39, 0.29) is 11.9 Å². The summed E-state index contributed by atoms with van der Waals surface area (Å²) in [6.07, 6.45) is 3.57. The Kier molecular flexibility index (Phi) is 5.69. The van der Waals surface area contributed by atoms with E-state index < -0.39 is 0 Å². The zero-order chi connectivity index (χ0) is 19.4. The van der Waals surface area contributed by atoms with E-state index in [0.717, 1.165) is 22.4 Å². The molecule has 0 unspecified atom stereocenters. The standard InChI is InChI=1S/C20H25N5O2/c1-13-8-5-6-9-16(13)20-22-19(27-24-20)11-7-10-18(26)21-14(2)17-12-25(4)23-15(17)3/h5-6,8-9,12,14H,7,10-11H2,1-4H3,(H,21,26)/t14-/m1/s1. The van der Waals surface area contributed by atoms with Gasteiger partial charge in [-0.05, 0) is 32.8 Å². The van der Waals surface area contributed by atoms with Crippen LogP contribution in [0.4, 0.5) is 0 Å². The minimum absolute atomic E-state index is 0.00407. The van der Waals surface area contributed by atoms with Crippen LogP contribution in [-0.2, 0) is 18.3 Å². The lowest BCUT2D eigenvalue weighted by molar-refractivity contribution is -0.121. The first-order chi connectivity index (χ1) is 12.9. The van der Waals surface area contributed by atoms with E-state index in [4.69, 9.17) is 4.52 Å². The van der Waals surface area contributed by atoms with Crippen LogP contribution in [0.5, 0.6) is 0 Å². The monoisotopic (exact) mass is 367 g/mol. The smallest absolute Gasteiger partial charge is 0.226 e. The third kappa shape index (κ3) is 4.61. The zero-order valence-electron chi connectivity index (χ0n) is 16.2. The molecule has 0 aliphatic rings. The van der Waals surface area contributed by atoms with Gasteiger partial charge in [-0.25, -0.2) is 0 Å². The second kappa shape index (κ2) is 8.16. The number of aryl methyl sites for hydroxylation is 4. The van der Waals surface area contributed by atoms with Gasteiger partial charge in [0, 0.05) is 37.2 Å². The second-order valence-corrected chi connectivity index (χ2v) is 6.81. The summed E-state index contributed by atoms with van der Waals surface area (Å²) in [4.78, 5) is 16.6. The molecule has 0 bridgehead atoms. The Morgan fingerprint density at radius 2 is 2.07 bits per heavy atom. The highest BCUT2D eigenvalue weighted by molar-refractivity contribution is 5.76. The summed E-state index contributed by atoms with van der Waals surface area (Å²) in [7, 11) is 1.88. The van der Waals surface area contributed by atoms with Crippen LogP contribution in [0, 0.1) is 13.8 Å². The fourth-order valence-corrected chi connectivity index (χ4v) is 3.12. The lowest BCUT2D eigenvalue weighted by Crippen LogP contribution is -2.26. The molecule has 3 rings (SSSR count). The van der Waals surface area contributed by atoms with Gasteiger partial charge in [0.25, 0.3) is 0 Å². The number of nitrogens with zero attached hydrogens (tertiary/aromatic N) is 4. The molecule has 7 heteroatoms. The molecule has 0 spiro atoms. The number of benzene rings is 1. The van der Waals surface area contributed by atoms with Gasteiger partial charge in [-0.15, -0.1) is 0 Å². The van der Waals surface area contributed by atoms with Crippen molar-refractivity contribution in [3.63, 3.8) is 0 Å². The minimum atomic E-state index is -0.0673. The maximum Gasteiger partial charge on any atom is 0.226 e. The number of aromatic nitrogens is 4. The second-order valence-electron chi connectivity index (χ2n) is 6.81. The highest BCUT2D eigenvalue weighted by atomic mass is 16.5. The molecule has 0 aliphatic heterocycles. The number of carbonyl (C=O) groups is 1. The maximum absolute atomic E-state index is 12.2. The van der Waals surface area contributed by atoms with Crippen molar-refractivity contribution in [2.45, 2.75) is 46.1 Å². The predicted molar refractivity (Wildman–Crippen MR) is 102 cm³/mol. The van der Waals surface area contributed by atoms with Crippen molar-refractivity contribution in [1.29, 1.82) is 0 Å². The lowest BCUT2D eigenvalue weighted by atomic mass is 10.1. The van der Waals surface area contributed by atoms with Crippen molar-refractivity contribution in [3.05, 3.63) is 53.2 Å². The molecule has 2 heterocycles. The van der Waals surface area contributed by atoms with E-state index in [2.05, 4.69) is 20.6 Å². The Morgan fingerprint density at radius 3 is 2.78 bits per heavy atom. The predicted octanol–water partition coefficient (Wildman–Crippen LogP) is 3.29. The van der Waals surface area contributed by atoms with Gasteiger partial charge in [0.15, 0.2) is 0 Å². The number of hydrogen-bond donors (Lipinski definition) is 1. The maximum atomic E-state index is 12.2. The fraction of sp³-hybridized carbons (Fsp3) is 0.400. The number of hydrogen-bond acceptors (Lipinski definition) is 5. The number of nitrogens with one attached hydrogen (secondary N) is 1. The Bertz CT molecular complexity index is 928. The fourth-order valence-electron chi connectivity index (χ4n) is 3.12. The molecule has 1 atom stereocenters. The van der Waals surface area contributed by atoms with Crippen LogP contribution in [0.3, 0.4) is 0 Å². The summed E-state index contributed by atoms with van der Waals surface area (Å²) in [5.74, 6) is 1.15. The molecular weight excluding hydrogens is 342 g/mol. The molecule has 1 N–H and O–H groups in total. The summed E-state index contributed by atoms with van der Waals surface area (Å²) < 4.78 is 7.08. The topological polar surface area (TPSA) is 85.8 Å². The minimum Gasteiger partial charge on any atom is -0.349 e. The van der Waals surface area contributed by atoms with E-state index >= 15 is 0 Å². The van der Waals surface area contributed by atoms with Crippen LogP contribution in [0.2, 0.25) is 0 Å². The van der Waals surface area contributed by atoms with Gasteiger partial charge in [-0.1, -0.05) is 29.4 Å². The van der Waals surface area contributed by atoms with Crippen LogP contribution >= 0.6 is 0 Å². The van der Waals surface area contributed by atoms with Crippen LogP contribution in [0.1, 0.15) is 48.5 Å². The number of amides is 1. The normalized spacial score (nSPS) is 12.1. The summed E-state index contributed by atoms with van der Waals surface area (Å²) >= 11 is 0. The average molecular weight is 367 g/mol. The van der Waals surface area contributed by atoms with Crippen molar-refractivity contribution in [3.8, 4) is 11.4 Å². The van der Waals surface area contributed by atoms with Crippen LogP contribution in [0.25, 0.3) is 11.4 Å². The van der Waals surface area contributed by atoms with Gasteiger partial charge >= 0.3 is 0 Å². The molecule has 0 fully saturated rings. The van der Waals surface area contributed by atoms with Crippen molar-refractivity contribution < 1.29 is 9.32 Å². The van der Waals surface area contributed by atoms with Gasteiger partial charge < -0.3 is 9.84 Å². The molecule has 27 heavy (non-hydrogen) atoms. The highest BCUT2D eigenvalue weighted by Crippen LogP contribution is 2.20.